The molecule has 1 aromatic heterocycles. The van der Waals surface area contributed by atoms with Gasteiger partial charge in [0.1, 0.15) is 11.3 Å². The van der Waals surface area contributed by atoms with Crippen LogP contribution in [0, 0.1) is 17.5 Å². The number of nitrogens with one attached hydrogen (secondary N) is 3. The first-order valence-corrected chi connectivity index (χ1v) is 9.88. The molecule has 0 bridgehead atoms. The Labute approximate surface area is 181 Å². The van der Waals surface area contributed by atoms with E-state index in [1.54, 1.807) is 0 Å². The number of imidazole rings is 1. The minimum absolute atomic E-state index is 0.0324. The van der Waals surface area contributed by atoms with Gasteiger partial charge in [0.2, 0.25) is 5.95 Å². The molecule has 7 nitrogen and oxygen atoms in total. The fraction of sp³-hybridized carbons (Fsp3) is 0.300. The van der Waals surface area contributed by atoms with E-state index in [9.17, 15) is 18.4 Å². The molecule has 3 rings (SSSR count). The minimum Gasteiger partial charge on any atom is -0.356 e. The SMILES string of the molecule is CN(C)CCCCNc1nc2c(F)c(F)cc(C(=Nc3ccc(F)c(Cl)c3)NO)c2[nH]1. The van der Waals surface area contributed by atoms with E-state index in [1.807, 2.05) is 19.6 Å². The molecule has 0 saturated carbocycles. The van der Waals surface area contributed by atoms with Crippen molar-refractivity contribution in [3.05, 3.63) is 52.3 Å². The van der Waals surface area contributed by atoms with Gasteiger partial charge in [0.15, 0.2) is 17.5 Å². The van der Waals surface area contributed by atoms with Gasteiger partial charge in [-0.3, -0.25) is 10.7 Å². The maximum atomic E-state index is 14.3. The number of nitrogens with zero attached hydrogens (tertiary/aromatic N) is 3. The molecule has 0 atom stereocenters. The highest BCUT2D eigenvalue weighted by atomic mass is 35.5. The predicted octanol–water partition coefficient (Wildman–Crippen LogP) is 4.44. The summed E-state index contributed by atoms with van der Waals surface area (Å²) in [6.07, 6.45) is 1.81. The molecule has 0 radical (unpaired) electrons. The molecule has 0 saturated heterocycles. The molecule has 4 N–H and O–H groups in total. The number of aliphatic imine (C=N–C) groups is 1. The molecule has 3 aromatic rings. The van der Waals surface area contributed by atoms with E-state index in [2.05, 4.69) is 25.2 Å². The Bertz CT molecular complexity index is 1100. The second-order valence-electron chi connectivity index (χ2n) is 7.14. The number of amidine groups is 1. The number of H-pyrrole nitrogens is 1. The number of anilines is 1. The first-order chi connectivity index (χ1) is 14.8. The predicted molar refractivity (Wildman–Crippen MR) is 115 cm³/mol. The number of hydroxylamine groups is 1. The third-order valence-electron chi connectivity index (χ3n) is 4.49. The first kappa shape index (κ1) is 22.9. The molecule has 0 aliphatic heterocycles. The summed E-state index contributed by atoms with van der Waals surface area (Å²) in [4.78, 5) is 13.2. The molecule has 2 aromatic carbocycles. The lowest BCUT2D eigenvalue weighted by atomic mass is 10.1. The average Bonchev–Trinajstić information content (AvgIpc) is 3.15. The Morgan fingerprint density at radius 2 is 1.97 bits per heavy atom. The number of aromatic amines is 1. The summed E-state index contributed by atoms with van der Waals surface area (Å²) in [6.45, 7) is 1.52. The summed E-state index contributed by atoms with van der Waals surface area (Å²) in [5, 5.41) is 12.5. The van der Waals surface area contributed by atoms with Crippen LogP contribution < -0.4 is 10.8 Å². The largest absolute Gasteiger partial charge is 0.356 e. The maximum Gasteiger partial charge on any atom is 0.201 e. The summed E-state index contributed by atoms with van der Waals surface area (Å²) in [7, 11) is 3.97. The average molecular weight is 455 g/mol. The summed E-state index contributed by atoms with van der Waals surface area (Å²) >= 11 is 5.76. The number of aromatic nitrogens is 2. The lowest BCUT2D eigenvalue weighted by Crippen LogP contribution is -2.21. The fourth-order valence-electron chi connectivity index (χ4n) is 2.96. The molecule has 1 heterocycles. The molecule has 0 aliphatic rings. The molecule has 0 unspecified atom stereocenters. The highest BCUT2D eigenvalue weighted by Gasteiger charge is 2.20. The normalized spacial score (nSPS) is 12.1. The van der Waals surface area contributed by atoms with Crippen LogP contribution >= 0.6 is 11.6 Å². The number of fused-ring (bicyclic) bond motifs is 1. The van der Waals surface area contributed by atoms with E-state index in [4.69, 9.17) is 11.6 Å². The lowest BCUT2D eigenvalue weighted by Gasteiger charge is -2.09. The van der Waals surface area contributed by atoms with Crippen LogP contribution in [-0.4, -0.2) is 53.1 Å². The van der Waals surface area contributed by atoms with Crippen LogP contribution in [0.1, 0.15) is 18.4 Å². The van der Waals surface area contributed by atoms with Crippen molar-refractivity contribution < 1.29 is 18.4 Å². The summed E-state index contributed by atoms with van der Waals surface area (Å²) in [5.74, 6) is -2.87. The Kier molecular flexibility index (Phi) is 7.37. The minimum atomic E-state index is -1.16. The standard InChI is InChI=1S/C20H22ClF3N6O/c1-30(2)8-4-3-7-25-20-27-17-12(10-15(23)16(24)18(17)28-20)19(29-31)26-11-5-6-14(22)13(21)9-11/h5-6,9-10,31H,3-4,7-8H2,1-2H3,(H,26,29)(H2,25,27,28). The van der Waals surface area contributed by atoms with Crippen molar-refractivity contribution in [2.45, 2.75) is 12.8 Å². The second kappa shape index (κ2) is 9.99. The van der Waals surface area contributed by atoms with Gasteiger partial charge in [0.25, 0.3) is 0 Å². The Balaban J connectivity index is 1.93. The summed E-state index contributed by atoms with van der Waals surface area (Å²) in [5.41, 5.74) is 1.98. The van der Waals surface area contributed by atoms with Crippen LogP contribution in [0.15, 0.2) is 29.3 Å². The molecule has 31 heavy (non-hydrogen) atoms. The molecule has 11 heteroatoms. The van der Waals surface area contributed by atoms with E-state index >= 15 is 0 Å². The monoisotopic (exact) mass is 454 g/mol. The molecule has 0 amide bonds. The van der Waals surface area contributed by atoms with E-state index < -0.39 is 17.5 Å². The zero-order chi connectivity index (χ0) is 22.5. The quantitative estimate of drug-likeness (QED) is 0.175. The number of benzene rings is 2. The molecule has 166 valence electrons. The Hall–Kier alpha value is -2.82. The van der Waals surface area contributed by atoms with Gasteiger partial charge in [0.05, 0.1) is 16.2 Å². The highest BCUT2D eigenvalue weighted by molar-refractivity contribution is 6.31. The fourth-order valence-corrected chi connectivity index (χ4v) is 3.14. The third-order valence-corrected chi connectivity index (χ3v) is 4.78. The van der Waals surface area contributed by atoms with Crippen LogP contribution in [-0.2, 0) is 0 Å². The van der Waals surface area contributed by atoms with Gasteiger partial charge in [-0.15, -0.1) is 0 Å². The van der Waals surface area contributed by atoms with Gasteiger partial charge in [-0.05, 0) is 57.7 Å². The number of halogens is 4. The summed E-state index contributed by atoms with van der Waals surface area (Å²) in [6, 6.07) is 4.54. The van der Waals surface area contributed by atoms with Crippen LogP contribution in [0.2, 0.25) is 5.02 Å². The van der Waals surface area contributed by atoms with Gasteiger partial charge in [-0.2, -0.15) is 0 Å². The van der Waals surface area contributed by atoms with Crippen molar-refractivity contribution in [1.82, 2.24) is 20.3 Å². The number of hydrogen-bond acceptors (Lipinski definition) is 5. The third kappa shape index (κ3) is 5.46. The zero-order valence-corrected chi connectivity index (χ0v) is 17.7. The number of hydrogen-bond donors (Lipinski definition) is 4. The van der Waals surface area contributed by atoms with Crippen molar-refractivity contribution in [2.24, 2.45) is 4.99 Å². The van der Waals surface area contributed by atoms with Crippen LogP contribution in [0.25, 0.3) is 11.0 Å². The van der Waals surface area contributed by atoms with Crippen molar-refractivity contribution >= 4 is 40.1 Å². The Morgan fingerprint density at radius 1 is 1.19 bits per heavy atom. The smallest absolute Gasteiger partial charge is 0.201 e. The van der Waals surface area contributed by atoms with E-state index in [0.29, 0.717) is 6.54 Å². The number of unbranched alkanes of at least 4 members (excludes halogenated alkanes) is 1. The van der Waals surface area contributed by atoms with Gasteiger partial charge in [0, 0.05) is 12.1 Å². The molecule has 0 spiro atoms. The molecular weight excluding hydrogens is 433 g/mol. The zero-order valence-electron chi connectivity index (χ0n) is 16.9. The number of rotatable bonds is 8. The summed E-state index contributed by atoms with van der Waals surface area (Å²) < 4.78 is 41.9. The second-order valence-corrected chi connectivity index (χ2v) is 7.54. The van der Waals surface area contributed by atoms with Crippen molar-refractivity contribution in [1.29, 1.82) is 0 Å². The van der Waals surface area contributed by atoms with E-state index in [-0.39, 0.29) is 39.1 Å². The molecule has 0 fully saturated rings. The van der Waals surface area contributed by atoms with Crippen molar-refractivity contribution in [3.8, 4) is 0 Å². The topological polar surface area (TPSA) is 88.6 Å². The van der Waals surface area contributed by atoms with Gasteiger partial charge < -0.3 is 15.2 Å². The van der Waals surface area contributed by atoms with E-state index in [0.717, 1.165) is 31.5 Å². The van der Waals surface area contributed by atoms with Crippen molar-refractivity contribution in [2.75, 3.05) is 32.5 Å². The van der Waals surface area contributed by atoms with E-state index in [1.165, 1.54) is 12.1 Å². The maximum absolute atomic E-state index is 14.3. The van der Waals surface area contributed by atoms with Crippen molar-refractivity contribution in [3.63, 3.8) is 0 Å². The van der Waals surface area contributed by atoms with Crippen LogP contribution in [0.3, 0.4) is 0 Å². The van der Waals surface area contributed by atoms with Gasteiger partial charge in [-0.25, -0.2) is 23.1 Å². The van der Waals surface area contributed by atoms with Crippen LogP contribution in [0.4, 0.5) is 24.8 Å². The first-order valence-electron chi connectivity index (χ1n) is 9.50. The lowest BCUT2D eigenvalue weighted by molar-refractivity contribution is 0.235. The Morgan fingerprint density at radius 3 is 2.65 bits per heavy atom. The van der Waals surface area contributed by atoms with Crippen LogP contribution in [0.5, 0.6) is 0 Å². The van der Waals surface area contributed by atoms with Gasteiger partial charge in [-0.1, -0.05) is 11.6 Å². The molecular formula is C20H22ClF3N6O. The molecule has 0 aliphatic carbocycles. The van der Waals surface area contributed by atoms with Gasteiger partial charge >= 0.3 is 0 Å². The highest BCUT2D eigenvalue weighted by Crippen LogP contribution is 2.27.